The number of aliphatic hydroxyl groups is 6. The molecule has 0 spiro atoms. The Bertz CT molecular complexity index is 1550. The summed E-state index contributed by atoms with van der Waals surface area (Å²) in [4.78, 5) is 54.4. The minimum absolute atomic E-state index is 0.0735. The number of allylic oxidation sites excluding steroid dienone is 6. The largest absolute Gasteiger partial charge is 0.472 e. The molecule has 0 aromatic carbocycles. The van der Waals surface area contributed by atoms with Crippen molar-refractivity contribution < 1.29 is 87.1 Å². The van der Waals surface area contributed by atoms with E-state index in [4.69, 9.17) is 18.5 Å². The van der Waals surface area contributed by atoms with Crippen LogP contribution in [0.3, 0.4) is 0 Å². The molecule has 69 heavy (non-hydrogen) atoms. The van der Waals surface area contributed by atoms with Crippen LogP contribution in [-0.2, 0) is 41.8 Å². The summed E-state index contributed by atoms with van der Waals surface area (Å²) in [5.41, 5.74) is 0. The van der Waals surface area contributed by atoms with E-state index in [1.165, 1.54) is 77.0 Å². The second-order valence-electron chi connectivity index (χ2n) is 17.9. The fraction of sp³-hybridized carbons (Fsp3) is 0.796. The number of unbranched alkanes of at least 4 members (excludes halogenated alkanes) is 18. The van der Waals surface area contributed by atoms with E-state index < -0.39 is 95.7 Å². The smallest absolute Gasteiger partial charge is 0.462 e. The molecule has 9 N–H and O–H groups in total. The molecule has 0 aromatic heterocycles. The number of phosphoric acid groups is 2. The van der Waals surface area contributed by atoms with Gasteiger partial charge in [0, 0.05) is 12.8 Å². The van der Waals surface area contributed by atoms with E-state index >= 15 is 0 Å². The number of rotatable bonds is 42. The number of esters is 2. The lowest BCUT2D eigenvalue weighted by molar-refractivity contribution is -0.216. The van der Waals surface area contributed by atoms with Gasteiger partial charge in [-0.25, -0.2) is 9.13 Å². The summed E-state index contributed by atoms with van der Waals surface area (Å²) in [5, 5.41) is 61.6. The van der Waals surface area contributed by atoms with Gasteiger partial charge in [0.2, 0.25) is 0 Å². The second kappa shape index (κ2) is 39.4. The summed E-state index contributed by atoms with van der Waals surface area (Å²) >= 11 is 0. The number of hydrogen-bond acceptors (Lipinski definition) is 15. The minimum atomic E-state index is -5.39. The first-order valence-electron chi connectivity index (χ1n) is 25.4. The number of carbonyl (C=O) groups excluding carboxylic acids is 2. The molecule has 402 valence electrons. The van der Waals surface area contributed by atoms with Crippen LogP contribution in [0.5, 0.6) is 0 Å². The van der Waals surface area contributed by atoms with Crippen molar-refractivity contribution in [3.8, 4) is 0 Å². The zero-order valence-corrected chi connectivity index (χ0v) is 43.0. The van der Waals surface area contributed by atoms with E-state index in [0.717, 1.165) is 51.4 Å². The van der Waals surface area contributed by atoms with E-state index in [0.29, 0.717) is 12.8 Å². The Morgan fingerprint density at radius 3 is 1.45 bits per heavy atom. The molecular weight excluding hydrogens is 938 g/mol. The fourth-order valence-corrected chi connectivity index (χ4v) is 9.13. The lowest BCUT2D eigenvalue weighted by Crippen LogP contribution is -2.64. The van der Waals surface area contributed by atoms with E-state index in [9.17, 15) is 64.0 Å². The van der Waals surface area contributed by atoms with Gasteiger partial charge in [-0.3, -0.25) is 23.2 Å². The molecule has 20 heteroatoms. The van der Waals surface area contributed by atoms with Gasteiger partial charge in [0.05, 0.1) is 18.8 Å². The topological polar surface area (TPSA) is 296 Å². The second-order valence-corrected chi connectivity index (χ2v) is 20.5. The highest BCUT2D eigenvalue weighted by Gasteiger charge is 2.54. The van der Waals surface area contributed by atoms with Gasteiger partial charge < -0.3 is 54.8 Å². The summed E-state index contributed by atoms with van der Waals surface area (Å²) in [6, 6.07) is 0. The third-order valence-corrected chi connectivity index (χ3v) is 13.1. The third-order valence-electron chi connectivity index (χ3n) is 11.6. The molecule has 1 fully saturated rings. The molecule has 0 aromatic rings. The van der Waals surface area contributed by atoms with Crippen LogP contribution >= 0.6 is 15.6 Å². The van der Waals surface area contributed by atoms with Gasteiger partial charge in [0.25, 0.3) is 0 Å². The maximum atomic E-state index is 13.0. The van der Waals surface area contributed by atoms with Crippen LogP contribution in [0.15, 0.2) is 48.6 Å². The van der Waals surface area contributed by atoms with Crippen LogP contribution in [0.2, 0.25) is 0 Å². The summed E-state index contributed by atoms with van der Waals surface area (Å²) in [7, 11) is -10.8. The van der Waals surface area contributed by atoms with Crippen molar-refractivity contribution in [3.05, 3.63) is 48.6 Å². The van der Waals surface area contributed by atoms with Gasteiger partial charge >= 0.3 is 27.6 Å². The molecule has 0 heterocycles. The Hall–Kier alpha value is -2.12. The van der Waals surface area contributed by atoms with E-state index in [1.807, 2.05) is 24.3 Å². The molecule has 1 aliphatic rings. The molecule has 5 unspecified atom stereocenters. The predicted octanol–water partition coefficient (Wildman–Crippen LogP) is 8.01. The Labute approximate surface area is 411 Å². The first kappa shape index (κ1) is 64.9. The highest BCUT2D eigenvalue weighted by molar-refractivity contribution is 7.47. The van der Waals surface area contributed by atoms with Crippen LogP contribution in [0.25, 0.3) is 0 Å². The van der Waals surface area contributed by atoms with Gasteiger partial charge in [-0.05, 0) is 32.1 Å². The molecular formula is C49H88O18P2. The van der Waals surface area contributed by atoms with Crippen molar-refractivity contribution in [1.29, 1.82) is 0 Å². The average Bonchev–Trinajstić information content (AvgIpc) is 3.29. The molecule has 0 bridgehead atoms. The molecule has 0 saturated heterocycles. The fourth-order valence-electron chi connectivity index (χ4n) is 7.59. The zero-order valence-electron chi connectivity index (χ0n) is 41.2. The van der Waals surface area contributed by atoms with Crippen LogP contribution in [0, 0.1) is 0 Å². The Morgan fingerprint density at radius 1 is 0.522 bits per heavy atom. The molecule has 18 nitrogen and oxygen atoms in total. The van der Waals surface area contributed by atoms with Crippen molar-refractivity contribution in [1.82, 2.24) is 0 Å². The molecule has 1 saturated carbocycles. The van der Waals surface area contributed by atoms with Gasteiger partial charge in [-0.2, -0.15) is 0 Å². The average molecular weight is 1030 g/mol. The number of aliphatic hydroxyl groups excluding tert-OH is 6. The molecule has 0 aliphatic heterocycles. The van der Waals surface area contributed by atoms with Crippen molar-refractivity contribution in [2.24, 2.45) is 0 Å². The first-order valence-corrected chi connectivity index (χ1v) is 28.4. The third kappa shape index (κ3) is 34.0. The van der Waals surface area contributed by atoms with Gasteiger partial charge in [-0.1, -0.05) is 184 Å². The number of phosphoric ester groups is 2. The summed E-state index contributed by atoms with van der Waals surface area (Å²) < 4.78 is 49.3. The minimum Gasteiger partial charge on any atom is -0.462 e. The predicted molar refractivity (Wildman–Crippen MR) is 262 cm³/mol. The quantitative estimate of drug-likeness (QED) is 0.0121. The van der Waals surface area contributed by atoms with Gasteiger partial charge in [0.15, 0.2) is 6.10 Å². The van der Waals surface area contributed by atoms with E-state index in [-0.39, 0.29) is 25.7 Å². The first-order chi connectivity index (χ1) is 32.9. The normalized spacial score (nSPS) is 22.4. The van der Waals surface area contributed by atoms with Crippen LogP contribution in [-0.4, -0.2) is 125 Å². The van der Waals surface area contributed by atoms with Crippen LogP contribution in [0.1, 0.15) is 181 Å². The number of ether oxygens (including phenoxy) is 2. The van der Waals surface area contributed by atoms with Crippen molar-refractivity contribution in [3.63, 3.8) is 0 Å². The highest BCUT2D eigenvalue weighted by Crippen LogP contribution is 2.49. The molecule has 0 amide bonds. The van der Waals surface area contributed by atoms with Crippen molar-refractivity contribution in [2.75, 3.05) is 13.2 Å². The number of carbonyl (C=O) groups is 2. The van der Waals surface area contributed by atoms with Crippen LogP contribution in [0.4, 0.5) is 0 Å². The summed E-state index contributed by atoms with van der Waals surface area (Å²) in [5.74, 6) is -1.43. The summed E-state index contributed by atoms with van der Waals surface area (Å²) in [6.07, 6.45) is 22.6. The number of hydrogen-bond donors (Lipinski definition) is 9. The van der Waals surface area contributed by atoms with E-state index in [2.05, 4.69) is 18.4 Å². The molecule has 0 radical (unpaired) electrons. The van der Waals surface area contributed by atoms with Gasteiger partial charge in [-0.15, -0.1) is 0 Å². The summed E-state index contributed by atoms with van der Waals surface area (Å²) in [6.45, 7) is 2.84. The molecule has 1 rings (SSSR count). The highest BCUT2D eigenvalue weighted by atomic mass is 31.2. The van der Waals surface area contributed by atoms with Gasteiger partial charge in [0.1, 0.15) is 43.2 Å². The SMILES string of the molecule is CCCCCCCCCCCCCCCCCCCC(=O)OC[C@H](COP(=O)(O)O[C@H]1C(O)C(O)C(O)[C@@H](OP(=O)(O)O)C1O)OC(=O)CCC[C@H](O)/C=C/C=C\C/C=C\C=C\[C@H](O)CCCCC. The maximum absolute atomic E-state index is 13.0. The van der Waals surface area contributed by atoms with E-state index in [1.54, 1.807) is 24.3 Å². The van der Waals surface area contributed by atoms with Crippen molar-refractivity contribution in [2.45, 2.75) is 236 Å². The Morgan fingerprint density at radius 2 is 0.957 bits per heavy atom. The van der Waals surface area contributed by atoms with Crippen LogP contribution < -0.4 is 0 Å². The maximum Gasteiger partial charge on any atom is 0.472 e. The molecule has 10 atom stereocenters. The zero-order chi connectivity index (χ0) is 51.3. The Balaban J connectivity index is 2.66. The molecule has 1 aliphatic carbocycles. The lowest BCUT2D eigenvalue weighted by Gasteiger charge is -2.43. The standard InChI is InChI=1S/C49H88O18P2/c1-3-5-7-8-9-10-11-12-13-14-15-16-17-18-22-25-29-35-42(52)63-37-41(38-64-69(61,62)67-49-46(56)44(54)45(55)48(47(49)57)66-68(58,59)60)65-43(53)36-30-34-40(51)33-28-24-21-19-20-23-27-32-39(50)31-26-6-4-2/h20-21,23-24,27-28,32-33,39-41,44-51,54-57H,3-19,22,25-26,29-31,34-38H2,1-2H3,(H,61,62)(H2,58,59,60)/b23-20-,24-21-,32-27+,33-28+/t39-,40-,41-,44?,45?,46?,47?,48-,49+/m1/s1. The van der Waals surface area contributed by atoms with Crippen molar-refractivity contribution >= 4 is 27.6 Å². The monoisotopic (exact) mass is 1030 g/mol. The lowest BCUT2D eigenvalue weighted by atomic mass is 9.85. The Kier molecular flexibility index (Phi) is 37.1.